The standard InChI is InChI=1S/C13H20N2O2S/c1-9(2)13-10(5-6-12(16)17)18-11(14-13)7-8-15(3)4/h5-6,9H,7-8H2,1-4H3,(H,16,17)/b6-5+. The Morgan fingerprint density at radius 1 is 1.50 bits per heavy atom. The summed E-state index contributed by atoms with van der Waals surface area (Å²) in [5.74, 6) is -0.615. The molecular weight excluding hydrogens is 248 g/mol. The highest BCUT2D eigenvalue weighted by molar-refractivity contribution is 7.12. The predicted octanol–water partition coefficient (Wildman–Crippen LogP) is 2.47. The molecule has 0 aliphatic heterocycles. The smallest absolute Gasteiger partial charge is 0.328 e. The van der Waals surface area contributed by atoms with Gasteiger partial charge >= 0.3 is 5.97 Å². The SMILES string of the molecule is CC(C)c1nc(CCN(C)C)sc1/C=C/C(=O)O. The highest BCUT2D eigenvalue weighted by Gasteiger charge is 2.12. The predicted molar refractivity (Wildman–Crippen MR) is 75.1 cm³/mol. The zero-order valence-corrected chi connectivity index (χ0v) is 12.1. The van der Waals surface area contributed by atoms with E-state index in [9.17, 15) is 4.79 Å². The molecule has 1 aromatic heterocycles. The maximum absolute atomic E-state index is 10.6. The van der Waals surface area contributed by atoms with Crippen LogP contribution in [0.15, 0.2) is 6.08 Å². The Hall–Kier alpha value is -1.20. The van der Waals surface area contributed by atoms with Gasteiger partial charge in [-0.05, 0) is 26.1 Å². The molecule has 0 atom stereocenters. The molecule has 0 bridgehead atoms. The topological polar surface area (TPSA) is 53.4 Å². The molecule has 0 saturated heterocycles. The van der Waals surface area contributed by atoms with Crippen molar-refractivity contribution in [1.82, 2.24) is 9.88 Å². The number of nitrogens with zero attached hydrogens (tertiary/aromatic N) is 2. The van der Waals surface area contributed by atoms with Crippen molar-refractivity contribution in [1.29, 1.82) is 0 Å². The second kappa shape index (κ2) is 6.66. The molecule has 1 rings (SSSR count). The highest BCUT2D eigenvalue weighted by Crippen LogP contribution is 2.26. The van der Waals surface area contributed by atoms with Crippen LogP contribution in [0.1, 0.15) is 35.3 Å². The van der Waals surface area contributed by atoms with Gasteiger partial charge in [0.15, 0.2) is 0 Å². The number of thiazole rings is 1. The number of carboxylic acids is 1. The van der Waals surface area contributed by atoms with Gasteiger partial charge in [-0.25, -0.2) is 9.78 Å². The van der Waals surface area contributed by atoms with Gasteiger partial charge in [0.1, 0.15) is 0 Å². The van der Waals surface area contributed by atoms with Crippen molar-refractivity contribution >= 4 is 23.4 Å². The molecule has 0 spiro atoms. The van der Waals surface area contributed by atoms with E-state index < -0.39 is 5.97 Å². The summed E-state index contributed by atoms with van der Waals surface area (Å²) in [6, 6.07) is 0. The van der Waals surface area contributed by atoms with E-state index >= 15 is 0 Å². The third-order valence-corrected chi connectivity index (χ3v) is 3.52. The van der Waals surface area contributed by atoms with E-state index in [2.05, 4.69) is 23.7 Å². The van der Waals surface area contributed by atoms with Crippen LogP contribution < -0.4 is 0 Å². The van der Waals surface area contributed by atoms with Gasteiger partial charge in [-0.2, -0.15) is 0 Å². The maximum Gasteiger partial charge on any atom is 0.328 e. The molecule has 18 heavy (non-hydrogen) atoms. The van der Waals surface area contributed by atoms with E-state index in [0.29, 0.717) is 5.92 Å². The Morgan fingerprint density at radius 3 is 2.67 bits per heavy atom. The van der Waals surface area contributed by atoms with Crippen LogP contribution in [-0.4, -0.2) is 41.6 Å². The Morgan fingerprint density at radius 2 is 2.17 bits per heavy atom. The molecule has 4 nitrogen and oxygen atoms in total. The van der Waals surface area contributed by atoms with Crippen LogP contribution in [0.2, 0.25) is 0 Å². The van der Waals surface area contributed by atoms with Crippen LogP contribution in [0, 0.1) is 0 Å². The van der Waals surface area contributed by atoms with Gasteiger partial charge in [0, 0.05) is 19.0 Å². The number of rotatable bonds is 6. The van der Waals surface area contributed by atoms with Crippen molar-refractivity contribution in [2.45, 2.75) is 26.2 Å². The highest BCUT2D eigenvalue weighted by atomic mass is 32.1. The quantitative estimate of drug-likeness (QED) is 0.805. The van der Waals surface area contributed by atoms with E-state index in [-0.39, 0.29) is 0 Å². The number of aliphatic carboxylic acids is 1. The molecular formula is C13H20N2O2S. The van der Waals surface area contributed by atoms with Gasteiger partial charge in [-0.3, -0.25) is 0 Å². The lowest BCUT2D eigenvalue weighted by atomic mass is 10.1. The minimum Gasteiger partial charge on any atom is -0.478 e. The van der Waals surface area contributed by atoms with Crippen LogP contribution in [0.4, 0.5) is 0 Å². The zero-order chi connectivity index (χ0) is 13.7. The number of likely N-dealkylation sites (N-methyl/N-ethyl adjacent to an activating group) is 1. The van der Waals surface area contributed by atoms with Gasteiger partial charge in [-0.1, -0.05) is 13.8 Å². The van der Waals surface area contributed by atoms with Gasteiger partial charge in [0.2, 0.25) is 0 Å². The molecule has 1 N–H and O–H groups in total. The molecule has 0 radical (unpaired) electrons. The summed E-state index contributed by atoms with van der Waals surface area (Å²) in [7, 11) is 4.06. The summed E-state index contributed by atoms with van der Waals surface area (Å²) in [6.07, 6.45) is 3.72. The van der Waals surface area contributed by atoms with Gasteiger partial charge in [0.25, 0.3) is 0 Å². The number of carboxylic acid groups (broad SMARTS) is 1. The number of aromatic nitrogens is 1. The summed E-state index contributed by atoms with van der Waals surface area (Å²) in [5, 5.41) is 9.75. The molecule has 0 saturated carbocycles. The normalized spacial score (nSPS) is 11.9. The average Bonchev–Trinajstić information content (AvgIpc) is 2.67. The van der Waals surface area contributed by atoms with E-state index in [1.54, 1.807) is 17.4 Å². The van der Waals surface area contributed by atoms with Crippen molar-refractivity contribution in [2.75, 3.05) is 20.6 Å². The zero-order valence-electron chi connectivity index (χ0n) is 11.3. The van der Waals surface area contributed by atoms with E-state index in [0.717, 1.165) is 28.5 Å². The van der Waals surface area contributed by atoms with Gasteiger partial charge < -0.3 is 10.0 Å². The van der Waals surface area contributed by atoms with E-state index in [1.807, 2.05) is 14.1 Å². The summed E-state index contributed by atoms with van der Waals surface area (Å²) >= 11 is 1.58. The van der Waals surface area contributed by atoms with Crippen molar-refractivity contribution in [3.05, 3.63) is 21.7 Å². The largest absolute Gasteiger partial charge is 0.478 e. The fourth-order valence-electron chi connectivity index (χ4n) is 1.50. The Bertz CT molecular complexity index is 436. The van der Waals surface area contributed by atoms with Crippen molar-refractivity contribution < 1.29 is 9.90 Å². The third-order valence-electron chi connectivity index (χ3n) is 2.42. The van der Waals surface area contributed by atoms with Crippen LogP contribution in [0.5, 0.6) is 0 Å². The summed E-state index contributed by atoms with van der Waals surface area (Å²) < 4.78 is 0. The fraction of sp³-hybridized carbons (Fsp3) is 0.538. The first kappa shape index (κ1) is 14.9. The van der Waals surface area contributed by atoms with E-state index in [1.165, 1.54) is 6.08 Å². The second-order valence-electron chi connectivity index (χ2n) is 4.74. The Balaban J connectivity index is 2.90. The first-order valence-corrected chi connectivity index (χ1v) is 6.77. The van der Waals surface area contributed by atoms with Crippen molar-refractivity contribution in [3.63, 3.8) is 0 Å². The molecule has 100 valence electrons. The van der Waals surface area contributed by atoms with Crippen LogP contribution in [0.25, 0.3) is 6.08 Å². The summed E-state index contributed by atoms with van der Waals surface area (Å²) in [6.45, 7) is 5.10. The first-order valence-electron chi connectivity index (χ1n) is 5.95. The molecule has 5 heteroatoms. The fourth-order valence-corrected chi connectivity index (χ4v) is 2.61. The molecule has 0 unspecified atom stereocenters. The van der Waals surface area contributed by atoms with Gasteiger partial charge in [0.05, 0.1) is 15.6 Å². The lowest BCUT2D eigenvalue weighted by Gasteiger charge is -2.06. The van der Waals surface area contributed by atoms with Crippen LogP contribution in [0.3, 0.4) is 0 Å². The lowest BCUT2D eigenvalue weighted by Crippen LogP contribution is -2.14. The summed E-state index contributed by atoms with van der Waals surface area (Å²) in [5.41, 5.74) is 0.992. The molecule has 1 heterocycles. The minimum atomic E-state index is -0.923. The van der Waals surface area contributed by atoms with Crippen molar-refractivity contribution in [2.24, 2.45) is 0 Å². The maximum atomic E-state index is 10.6. The van der Waals surface area contributed by atoms with E-state index in [4.69, 9.17) is 5.11 Å². The third kappa shape index (κ3) is 4.58. The first-order chi connectivity index (χ1) is 8.40. The van der Waals surface area contributed by atoms with Crippen LogP contribution in [-0.2, 0) is 11.2 Å². The van der Waals surface area contributed by atoms with Crippen LogP contribution >= 0.6 is 11.3 Å². The lowest BCUT2D eigenvalue weighted by molar-refractivity contribution is -0.131. The Labute approximate surface area is 112 Å². The molecule has 0 aromatic carbocycles. The Kier molecular flexibility index (Phi) is 5.50. The number of hydrogen-bond acceptors (Lipinski definition) is 4. The molecule has 0 aliphatic carbocycles. The molecule has 0 amide bonds. The molecule has 0 fully saturated rings. The van der Waals surface area contributed by atoms with Crippen molar-refractivity contribution in [3.8, 4) is 0 Å². The average molecular weight is 268 g/mol. The number of hydrogen-bond donors (Lipinski definition) is 1. The minimum absolute atomic E-state index is 0.308. The number of carbonyl (C=O) groups is 1. The second-order valence-corrected chi connectivity index (χ2v) is 5.85. The molecule has 0 aliphatic rings. The van der Waals surface area contributed by atoms with Gasteiger partial charge in [-0.15, -0.1) is 11.3 Å². The molecule has 1 aromatic rings. The monoisotopic (exact) mass is 268 g/mol. The summed E-state index contributed by atoms with van der Waals surface area (Å²) in [4.78, 5) is 18.2.